The highest BCUT2D eigenvalue weighted by Crippen LogP contribution is 2.21. The minimum Gasteiger partial charge on any atom is -0.481 e. The van der Waals surface area contributed by atoms with E-state index in [1.165, 1.54) is 17.5 Å². The lowest BCUT2D eigenvalue weighted by atomic mass is 10.3. The Hall–Kier alpha value is -2.40. The number of aromatic nitrogens is 1. The predicted octanol–water partition coefficient (Wildman–Crippen LogP) is 1.17. The third-order valence-corrected chi connectivity index (χ3v) is 3.36. The van der Waals surface area contributed by atoms with Crippen molar-refractivity contribution in [3.63, 3.8) is 0 Å². The van der Waals surface area contributed by atoms with Crippen molar-refractivity contribution in [3.05, 3.63) is 22.3 Å². The summed E-state index contributed by atoms with van der Waals surface area (Å²) >= 11 is 1.41. The molecule has 1 aromatic heterocycles. The van der Waals surface area contributed by atoms with Crippen molar-refractivity contribution >= 4 is 28.3 Å². The fourth-order valence-electron chi connectivity index (χ4n) is 1.20. The number of hydrogen-bond donors (Lipinski definition) is 3. The van der Waals surface area contributed by atoms with Gasteiger partial charge in [0.2, 0.25) is 0 Å². The maximum absolute atomic E-state index is 11.6. The van der Waals surface area contributed by atoms with Crippen molar-refractivity contribution < 1.29 is 14.7 Å². The molecule has 1 aromatic rings. The van der Waals surface area contributed by atoms with Gasteiger partial charge in [-0.1, -0.05) is 0 Å². The first-order valence-corrected chi connectivity index (χ1v) is 6.56. The normalized spacial score (nSPS) is 10.8. The van der Waals surface area contributed by atoms with E-state index < -0.39 is 11.9 Å². The number of anilines is 1. The van der Waals surface area contributed by atoms with Gasteiger partial charge in [0.1, 0.15) is 11.6 Å². The number of nitrogens with zero attached hydrogens (tertiary/aromatic N) is 2. The van der Waals surface area contributed by atoms with Crippen molar-refractivity contribution in [2.75, 3.05) is 11.9 Å². The van der Waals surface area contributed by atoms with Gasteiger partial charge < -0.3 is 15.7 Å². The molecular formula is C12H14N4O3S. The first-order chi connectivity index (χ1) is 9.43. The first kappa shape index (κ1) is 15.7. The molecule has 0 fully saturated rings. The number of carbonyl (C=O) groups excluding carboxylic acids is 1. The van der Waals surface area contributed by atoms with Gasteiger partial charge in [-0.15, -0.1) is 11.3 Å². The van der Waals surface area contributed by atoms with Crippen LogP contribution < -0.4 is 10.6 Å². The molecule has 0 saturated carbocycles. The first-order valence-electron chi connectivity index (χ1n) is 5.75. The minimum absolute atomic E-state index is 0.0251. The van der Waals surface area contributed by atoms with Crippen molar-refractivity contribution in [3.8, 4) is 6.07 Å². The molecule has 1 amide bonds. The summed E-state index contributed by atoms with van der Waals surface area (Å²) in [5.41, 5.74) is 0.746. The lowest BCUT2D eigenvalue weighted by molar-refractivity contribution is -0.136. The zero-order valence-electron chi connectivity index (χ0n) is 11.1. The molecule has 0 atom stereocenters. The van der Waals surface area contributed by atoms with Crippen LogP contribution in [-0.2, 0) is 9.59 Å². The Morgan fingerprint density at radius 3 is 2.70 bits per heavy atom. The lowest BCUT2D eigenvalue weighted by Crippen LogP contribution is -2.27. The van der Waals surface area contributed by atoms with Gasteiger partial charge in [-0.25, -0.2) is 4.98 Å². The molecule has 1 heterocycles. The second-order valence-corrected chi connectivity index (χ2v) is 5.08. The van der Waals surface area contributed by atoms with Gasteiger partial charge in [0.05, 0.1) is 12.1 Å². The number of carboxylic acids is 1. The summed E-state index contributed by atoms with van der Waals surface area (Å²) in [6.07, 6.45) is 1.07. The molecule has 0 aliphatic heterocycles. The number of nitrogens with one attached hydrogen (secondary N) is 2. The van der Waals surface area contributed by atoms with E-state index >= 15 is 0 Å². The van der Waals surface area contributed by atoms with Gasteiger partial charge in [-0.05, 0) is 13.8 Å². The van der Waals surface area contributed by atoms with Crippen LogP contribution in [0.15, 0.2) is 11.8 Å². The SMILES string of the molecule is Cc1nc(N/C=C(/C#N)C(=O)NCCC(=O)O)sc1C. The Kier molecular flexibility index (Phi) is 5.68. The minimum atomic E-state index is -1.01. The molecule has 20 heavy (non-hydrogen) atoms. The average Bonchev–Trinajstić information content (AvgIpc) is 2.69. The van der Waals surface area contributed by atoms with Crippen LogP contribution in [0.5, 0.6) is 0 Å². The van der Waals surface area contributed by atoms with E-state index in [0.29, 0.717) is 5.13 Å². The number of carbonyl (C=O) groups is 2. The zero-order chi connectivity index (χ0) is 15.1. The molecular weight excluding hydrogens is 280 g/mol. The number of aryl methyl sites for hydroxylation is 2. The molecule has 0 bridgehead atoms. The van der Waals surface area contributed by atoms with Crippen LogP contribution in [0.4, 0.5) is 5.13 Å². The van der Waals surface area contributed by atoms with Crippen LogP contribution >= 0.6 is 11.3 Å². The summed E-state index contributed by atoms with van der Waals surface area (Å²) in [4.78, 5) is 27.2. The fourth-order valence-corrected chi connectivity index (χ4v) is 1.98. The summed E-state index contributed by atoms with van der Waals surface area (Å²) in [6, 6.07) is 1.75. The Balaban J connectivity index is 2.61. The van der Waals surface area contributed by atoms with Crippen molar-refractivity contribution in [1.82, 2.24) is 10.3 Å². The van der Waals surface area contributed by atoms with Gasteiger partial charge >= 0.3 is 5.97 Å². The predicted molar refractivity (Wildman–Crippen MR) is 74.2 cm³/mol. The molecule has 0 unspecified atom stereocenters. The standard InChI is InChI=1S/C12H14N4O3S/c1-7-8(2)20-12(16-7)15-6-9(5-13)11(19)14-4-3-10(17)18/h6H,3-4H2,1-2H3,(H,14,19)(H,15,16)(H,17,18)/b9-6-. The van der Waals surface area contributed by atoms with E-state index in [0.717, 1.165) is 10.6 Å². The molecule has 7 nitrogen and oxygen atoms in total. The highest BCUT2D eigenvalue weighted by atomic mass is 32.1. The summed E-state index contributed by atoms with van der Waals surface area (Å²) in [5, 5.41) is 23.1. The maximum Gasteiger partial charge on any atom is 0.305 e. The molecule has 0 aliphatic rings. The topological polar surface area (TPSA) is 115 Å². The smallest absolute Gasteiger partial charge is 0.305 e. The number of amides is 1. The molecule has 0 radical (unpaired) electrons. The van der Waals surface area contributed by atoms with Gasteiger partial charge in [0.15, 0.2) is 5.13 Å². The van der Waals surface area contributed by atoms with E-state index in [4.69, 9.17) is 10.4 Å². The van der Waals surface area contributed by atoms with Crippen molar-refractivity contribution in [1.29, 1.82) is 5.26 Å². The maximum atomic E-state index is 11.6. The fraction of sp³-hybridized carbons (Fsp3) is 0.333. The van der Waals surface area contributed by atoms with Crippen LogP contribution in [0, 0.1) is 25.2 Å². The Bertz CT molecular complexity index is 567. The lowest BCUT2D eigenvalue weighted by Gasteiger charge is -2.02. The highest BCUT2D eigenvalue weighted by Gasteiger charge is 2.09. The summed E-state index contributed by atoms with van der Waals surface area (Å²) < 4.78 is 0. The van der Waals surface area contributed by atoms with Crippen LogP contribution in [0.1, 0.15) is 17.0 Å². The van der Waals surface area contributed by atoms with Crippen LogP contribution in [0.3, 0.4) is 0 Å². The number of rotatable bonds is 6. The van der Waals surface area contributed by atoms with Crippen molar-refractivity contribution in [2.45, 2.75) is 20.3 Å². The van der Waals surface area contributed by atoms with E-state index in [1.54, 1.807) is 6.07 Å². The Morgan fingerprint density at radius 2 is 2.20 bits per heavy atom. The van der Waals surface area contributed by atoms with E-state index in [9.17, 15) is 9.59 Å². The van der Waals surface area contributed by atoms with Crippen LogP contribution in [-0.4, -0.2) is 28.5 Å². The van der Waals surface area contributed by atoms with E-state index in [1.807, 2.05) is 13.8 Å². The third-order valence-electron chi connectivity index (χ3n) is 2.36. The number of hydrogen-bond acceptors (Lipinski definition) is 6. The quantitative estimate of drug-likeness (QED) is 0.536. The number of aliphatic carboxylic acids is 1. The Morgan fingerprint density at radius 1 is 1.50 bits per heavy atom. The molecule has 106 valence electrons. The largest absolute Gasteiger partial charge is 0.481 e. The monoisotopic (exact) mass is 294 g/mol. The van der Waals surface area contributed by atoms with E-state index in [-0.39, 0.29) is 18.5 Å². The summed E-state index contributed by atoms with van der Waals surface area (Å²) in [7, 11) is 0. The van der Waals surface area contributed by atoms with Gasteiger partial charge in [0.25, 0.3) is 5.91 Å². The molecule has 0 aromatic carbocycles. The van der Waals surface area contributed by atoms with Crippen molar-refractivity contribution in [2.24, 2.45) is 0 Å². The van der Waals surface area contributed by atoms with E-state index in [2.05, 4.69) is 15.6 Å². The summed E-state index contributed by atoms with van der Waals surface area (Å²) in [6.45, 7) is 3.76. The molecule has 3 N–H and O–H groups in total. The third kappa shape index (κ3) is 4.70. The number of thiazole rings is 1. The van der Waals surface area contributed by atoms with Crippen LogP contribution in [0.25, 0.3) is 0 Å². The zero-order valence-corrected chi connectivity index (χ0v) is 11.9. The molecule has 0 spiro atoms. The Labute approximate surface area is 119 Å². The average molecular weight is 294 g/mol. The molecule has 8 heteroatoms. The number of nitriles is 1. The highest BCUT2D eigenvalue weighted by molar-refractivity contribution is 7.15. The second kappa shape index (κ2) is 7.25. The second-order valence-electron chi connectivity index (χ2n) is 3.87. The number of carboxylic acid groups (broad SMARTS) is 1. The van der Waals surface area contributed by atoms with Gasteiger partial charge in [-0.2, -0.15) is 5.26 Å². The summed E-state index contributed by atoms with van der Waals surface area (Å²) in [5.74, 6) is -1.63. The van der Waals surface area contributed by atoms with Gasteiger partial charge in [0, 0.05) is 17.6 Å². The molecule has 0 saturated heterocycles. The molecule has 1 rings (SSSR count). The van der Waals surface area contributed by atoms with Crippen LogP contribution in [0.2, 0.25) is 0 Å². The van der Waals surface area contributed by atoms with Gasteiger partial charge in [-0.3, -0.25) is 9.59 Å². The molecule has 0 aliphatic carbocycles.